The Morgan fingerprint density at radius 3 is 2.44 bits per heavy atom. The maximum Gasteiger partial charge on any atom is 0.161 e. The molecule has 0 saturated heterocycles. The number of aromatic amines is 1. The molecule has 1 N–H and O–H groups in total. The molecule has 2 heterocycles. The minimum Gasteiger partial charge on any atom is -0.493 e. The first-order chi connectivity index (χ1) is 13.2. The van der Waals surface area contributed by atoms with Crippen LogP contribution in [0.1, 0.15) is 22.3 Å². The Hall–Kier alpha value is -2.79. The van der Waals surface area contributed by atoms with E-state index in [0.29, 0.717) is 0 Å². The van der Waals surface area contributed by atoms with Crippen molar-refractivity contribution in [3.8, 4) is 22.8 Å². The largest absolute Gasteiger partial charge is 0.493 e. The lowest BCUT2D eigenvalue weighted by atomic mass is 9.98. The van der Waals surface area contributed by atoms with Crippen molar-refractivity contribution < 1.29 is 9.47 Å². The molecule has 0 atom stereocenters. The van der Waals surface area contributed by atoms with Gasteiger partial charge in [-0.15, -0.1) is 0 Å². The lowest BCUT2D eigenvalue weighted by Gasteiger charge is -2.29. The summed E-state index contributed by atoms with van der Waals surface area (Å²) in [6.07, 6.45) is 2.95. The van der Waals surface area contributed by atoms with Gasteiger partial charge in [-0.05, 0) is 42.2 Å². The average Bonchev–Trinajstić information content (AvgIpc) is 3.15. The van der Waals surface area contributed by atoms with Crippen LogP contribution in [0.25, 0.3) is 11.3 Å². The van der Waals surface area contributed by atoms with Gasteiger partial charge in [-0.25, -0.2) is 0 Å². The Kier molecular flexibility index (Phi) is 4.86. The first-order valence-electron chi connectivity index (χ1n) is 9.23. The third kappa shape index (κ3) is 3.55. The molecule has 0 radical (unpaired) electrons. The van der Waals surface area contributed by atoms with Crippen molar-refractivity contribution in [2.24, 2.45) is 0 Å². The molecule has 4 rings (SSSR count). The molecule has 0 amide bonds. The Morgan fingerprint density at radius 1 is 1.04 bits per heavy atom. The lowest BCUT2D eigenvalue weighted by molar-refractivity contribution is 0.244. The highest BCUT2D eigenvalue weighted by Gasteiger charge is 2.21. The number of hydrogen-bond donors (Lipinski definition) is 1. The summed E-state index contributed by atoms with van der Waals surface area (Å²) in [6, 6.07) is 12.8. The summed E-state index contributed by atoms with van der Waals surface area (Å²) in [5.41, 5.74) is 7.42. The van der Waals surface area contributed by atoms with Crippen molar-refractivity contribution in [2.75, 3.05) is 20.8 Å². The van der Waals surface area contributed by atoms with Crippen LogP contribution in [0.2, 0.25) is 0 Å². The number of methoxy groups -OCH3 is 2. The van der Waals surface area contributed by atoms with Crippen LogP contribution in [-0.2, 0) is 19.5 Å². The van der Waals surface area contributed by atoms with Gasteiger partial charge in [-0.2, -0.15) is 5.10 Å². The van der Waals surface area contributed by atoms with Crippen LogP contribution < -0.4 is 9.47 Å². The maximum absolute atomic E-state index is 5.47. The molecule has 5 nitrogen and oxygen atoms in total. The molecule has 1 aromatic heterocycles. The number of hydrogen-bond acceptors (Lipinski definition) is 4. The molecule has 27 heavy (non-hydrogen) atoms. The highest BCUT2D eigenvalue weighted by molar-refractivity contribution is 5.62. The van der Waals surface area contributed by atoms with E-state index in [1.54, 1.807) is 14.2 Å². The van der Waals surface area contributed by atoms with E-state index in [4.69, 9.17) is 9.47 Å². The molecule has 3 aromatic rings. The summed E-state index contributed by atoms with van der Waals surface area (Å²) in [5, 5.41) is 7.46. The van der Waals surface area contributed by atoms with E-state index >= 15 is 0 Å². The molecular formula is C22H25N3O2. The monoisotopic (exact) mass is 363 g/mol. The van der Waals surface area contributed by atoms with Crippen LogP contribution in [-0.4, -0.2) is 35.9 Å². The van der Waals surface area contributed by atoms with E-state index in [1.165, 1.54) is 27.8 Å². The predicted molar refractivity (Wildman–Crippen MR) is 106 cm³/mol. The second-order valence-corrected chi connectivity index (χ2v) is 7.07. The number of aryl methyl sites for hydroxylation is 1. The van der Waals surface area contributed by atoms with Gasteiger partial charge >= 0.3 is 0 Å². The summed E-state index contributed by atoms with van der Waals surface area (Å²) < 4.78 is 10.9. The number of ether oxygens (including phenoxy) is 2. The number of rotatable bonds is 5. The highest BCUT2D eigenvalue weighted by atomic mass is 16.5. The van der Waals surface area contributed by atoms with Gasteiger partial charge in [0.25, 0.3) is 0 Å². The quantitative estimate of drug-likeness (QED) is 0.745. The maximum atomic E-state index is 5.47. The molecule has 0 fully saturated rings. The fraction of sp³-hybridized carbons (Fsp3) is 0.318. The van der Waals surface area contributed by atoms with Crippen molar-refractivity contribution >= 4 is 0 Å². The van der Waals surface area contributed by atoms with Crippen LogP contribution >= 0.6 is 0 Å². The van der Waals surface area contributed by atoms with Gasteiger partial charge in [-0.1, -0.05) is 29.8 Å². The number of nitrogens with zero attached hydrogens (tertiary/aromatic N) is 2. The van der Waals surface area contributed by atoms with Gasteiger partial charge in [0, 0.05) is 25.2 Å². The summed E-state index contributed by atoms with van der Waals surface area (Å²) in [5.74, 6) is 1.60. The second-order valence-electron chi connectivity index (χ2n) is 7.07. The van der Waals surface area contributed by atoms with Crippen LogP contribution in [0.4, 0.5) is 0 Å². The number of benzene rings is 2. The van der Waals surface area contributed by atoms with Gasteiger partial charge in [0.05, 0.1) is 26.1 Å². The Balaban J connectivity index is 1.54. The van der Waals surface area contributed by atoms with Crippen molar-refractivity contribution in [3.05, 3.63) is 64.8 Å². The fourth-order valence-electron chi connectivity index (χ4n) is 3.72. The van der Waals surface area contributed by atoms with Gasteiger partial charge < -0.3 is 9.47 Å². The Labute approximate surface area is 159 Å². The molecule has 5 heteroatoms. The SMILES string of the molecule is COc1cc2c(cc1OC)CN(Cc1cn[nH]c1-c1ccc(C)cc1)CC2. The molecule has 0 saturated carbocycles. The first-order valence-corrected chi connectivity index (χ1v) is 9.23. The number of aromatic nitrogens is 2. The van der Waals surface area contributed by atoms with Crippen LogP contribution in [0.5, 0.6) is 11.5 Å². The standard InChI is InChI=1S/C22H25N3O2/c1-15-4-6-16(7-5-15)22-19(12-23-24-22)14-25-9-8-17-10-20(26-2)21(27-3)11-18(17)13-25/h4-7,10-12H,8-9,13-14H2,1-3H3,(H,23,24). The predicted octanol–water partition coefficient (Wildman–Crippen LogP) is 3.96. The van der Waals surface area contributed by atoms with E-state index in [1.807, 2.05) is 6.20 Å². The summed E-state index contributed by atoms with van der Waals surface area (Å²) in [6.45, 7) is 4.88. The zero-order valence-corrected chi connectivity index (χ0v) is 16.1. The van der Waals surface area contributed by atoms with Crippen molar-refractivity contribution in [1.82, 2.24) is 15.1 Å². The molecule has 1 aliphatic heterocycles. The zero-order valence-electron chi connectivity index (χ0n) is 16.1. The van der Waals surface area contributed by atoms with E-state index < -0.39 is 0 Å². The van der Waals surface area contributed by atoms with Crippen molar-refractivity contribution in [3.63, 3.8) is 0 Å². The van der Waals surface area contributed by atoms with E-state index in [9.17, 15) is 0 Å². The van der Waals surface area contributed by atoms with Crippen molar-refractivity contribution in [2.45, 2.75) is 26.4 Å². The molecule has 2 aromatic carbocycles. The van der Waals surface area contributed by atoms with E-state index in [-0.39, 0.29) is 0 Å². The Morgan fingerprint density at radius 2 is 1.74 bits per heavy atom. The highest BCUT2D eigenvalue weighted by Crippen LogP contribution is 2.34. The van der Waals surface area contributed by atoms with E-state index in [2.05, 4.69) is 58.4 Å². The van der Waals surface area contributed by atoms with Gasteiger partial charge in [-0.3, -0.25) is 10.00 Å². The van der Waals surface area contributed by atoms with Gasteiger partial charge in [0.2, 0.25) is 0 Å². The average molecular weight is 363 g/mol. The molecule has 0 spiro atoms. The van der Waals surface area contributed by atoms with Crippen LogP contribution in [0.15, 0.2) is 42.6 Å². The molecular weight excluding hydrogens is 338 g/mol. The molecule has 0 bridgehead atoms. The first kappa shape index (κ1) is 17.6. The molecule has 0 aliphatic carbocycles. The van der Waals surface area contributed by atoms with Gasteiger partial charge in [0.1, 0.15) is 0 Å². The summed E-state index contributed by atoms with van der Waals surface area (Å²) in [7, 11) is 3.37. The van der Waals surface area contributed by atoms with Crippen molar-refractivity contribution in [1.29, 1.82) is 0 Å². The zero-order chi connectivity index (χ0) is 18.8. The molecule has 140 valence electrons. The third-order valence-corrected chi connectivity index (χ3v) is 5.25. The lowest BCUT2D eigenvalue weighted by Crippen LogP contribution is -2.30. The molecule has 0 unspecified atom stereocenters. The fourth-order valence-corrected chi connectivity index (χ4v) is 3.72. The third-order valence-electron chi connectivity index (χ3n) is 5.25. The summed E-state index contributed by atoms with van der Waals surface area (Å²) in [4.78, 5) is 2.46. The minimum absolute atomic E-state index is 0.793. The normalized spacial score (nSPS) is 14.0. The number of H-pyrrole nitrogens is 1. The van der Waals surface area contributed by atoms with Crippen LogP contribution in [0, 0.1) is 6.92 Å². The Bertz CT molecular complexity index is 931. The molecule has 1 aliphatic rings. The number of nitrogens with one attached hydrogen (secondary N) is 1. The second kappa shape index (κ2) is 7.45. The van der Waals surface area contributed by atoms with Crippen LogP contribution in [0.3, 0.4) is 0 Å². The van der Waals surface area contributed by atoms with E-state index in [0.717, 1.165) is 43.2 Å². The smallest absolute Gasteiger partial charge is 0.161 e. The number of fused-ring (bicyclic) bond motifs is 1. The minimum atomic E-state index is 0.793. The summed E-state index contributed by atoms with van der Waals surface area (Å²) >= 11 is 0. The van der Waals surface area contributed by atoms with Gasteiger partial charge in [0.15, 0.2) is 11.5 Å². The topological polar surface area (TPSA) is 50.4 Å².